The number of nitrogens with zero attached hydrogens (tertiary/aromatic N) is 2. The summed E-state index contributed by atoms with van der Waals surface area (Å²) in [6.45, 7) is 6.29. The van der Waals surface area contributed by atoms with Gasteiger partial charge in [-0.2, -0.15) is 0 Å². The SMILES string of the molecule is CC(C)(C)OC(=O)N1CCc2nc(C(=O)[O-])ccc2C1. The van der Waals surface area contributed by atoms with Crippen LogP contribution in [0.25, 0.3) is 0 Å². The summed E-state index contributed by atoms with van der Waals surface area (Å²) in [5, 5.41) is 10.8. The van der Waals surface area contributed by atoms with Gasteiger partial charge in [-0.1, -0.05) is 6.07 Å². The number of aromatic nitrogens is 1. The van der Waals surface area contributed by atoms with Gasteiger partial charge in [0.05, 0.1) is 18.2 Å². The van der Waals surface area contributed by atoms with E-state index in [1.54, 1.807) is 11.0 Å². The molecule has 2 rings (SSSR count). The van der Waals surface area contributed by atoms with Crippen LogP contribution in [0.15, 0.2) is 12.1 Å². The first-order chi connectivity index (χ1) is 9.26. The number of pyridine rings is 1. The van der Waals surface area contributed by atoms with Crippen LogP contribution in [0.2, 0.25) is 0 Å². The molecule has 0 saturated heterocycles. The lowest BCUT2D eigenvalue weighted by Crippen LogP contribution is -2.40. The zero-order chi connectivity index (χ0) is 14.9. The third kappa shape index (κ3) is 3.26. The summed E-state index contributed by atoms with van der Waals surface area (Å²) in [7, 11) is 0. The highest BCUT2D eigenvalue weighted by Crippen LogP contribution is 2.20. The van der Waals surface area contributed by atoms with Crippen molar-refractivity contribution in [3.8, 4) is 0 Å². The number of rotatable bonds is 1. The van der Waals surface area contributed by atoms with E-state index in [1.165, 1.54) is 6.07 Å². The first-order valence-corrected chi connectivity index (χ1v) is 6.44. The predicted octanol–water partition coefficient (Wildman–Crippen LogP) is 0.738. The highest BCUT2D eigenvalue weighted by Gasteiger charge is 2.26. The molecule has 0 unspecified atom stereocenters. The lowest BCUT2D eigenvalue weighted by atomic mass is 10.1. The first kappa shape index (κ1) is 14.3. The minimum atomic E-state index is -1.29. The second kappa shape index (κ2) is 5.11. The molecule has 1 aliphatic heterocycles. The average Bonchev–Trinajstić information content (AvgIpc) is 2.35. The van der Waals surface area contributed by atoms with E-state index in [1.807, 2.05) is 20.8 Å². The molecule has 0 atom stereocenters. The third-order valence-corrected chi connectivity index (χ3v) is 2.91. The molecule has 1 aliphatic rings. The number of fused-ring (bicyclic) bond motifs is 1. The number of hydrogen-bond donors (Lipinski definition) is 0. The first-order valence-electron chi connectivity index (χ1n) is 6.44. The molecule has 1 amide bonds. The van der Waals surface area contributed by atoms with Crippen LogP contribution in [0.5, 0.6) is 0 Å². The van der Waals surface area contributed by atoms with E-state index in [2.05, 4.69) is 4.98 Å². The summed E-state index contributed by atoms with van der Waals surface area (Å²) < 4.78 is 5.32. The smallest absolute Gasteiger partial charge is 0.410 e. The number of carbonyl (C=O) groups excluding carboxylic acids is 2. The van der Waals surface area contributed by atoms with Crippen molar-refractivity contribution >= 4 is 12.1 Å². The molecule has 2 heterocycles. The Balaban J connectivity index is 2.12. The average molecular weight is 277 g/mol. The van der Waals surface area contributed by atoms with Gasteiger partial charge in [-0.3, -0.25) is 4.98 Å². The number of amides is 1. The molecular weight excluding hydrogens is 260 g/mol. The molecule has 108 valence electrons. The van der Waals surface area contributed by atoms with Gasteiger partial charge in [0.2, 0.25) is 0 Å². The standard InChI is InChI=1S/C14H18N2O4/c1-14(2,3)20-13(19)16-7-6-10-9(8-16)4-5-11(15-10)12(17)18/h4-5H,6-8H2,1-3H3,(H,17,18)/p-1. The number of hydrogen-bond acceptors (Lipinski definition) is 5. The molecule has 6 heteroatoms. The molecule has 6 nitrogen and oxygen atoms in total. The van der Waals surface area contributed by atoms with Gasteiger partial charge < -0.3 is 19.5 Å². The molecule has 0 saturated carbocycles. The minimum absolute atomic E-state index is 0.0746. The Bertz CT molecular complexity index is 549. The molecule has 0 spiro atoms. The van der Waals surface area contributed by atoms with Gasteiger partial charge in [0.15, 0.2) is 0 Å². The van der Waals surface area contributed by atoms with Crippen LogP contribution < -0.4 is 5.11 Å². The van der Waals surface area contributed by atoms with E-state index in [0.29, 0.717) is 25.2 Å². The van der Waals surface area contributed by atoms with Crippen LogP contribution in [0.4, 0.5) is 4.79 Å². The van der Waals surface area contributed by atoms with E-state index in [0.717, 1.165) is 5.56 Å². The maximum Gasteiger partial charge on any atom is 0.410 e. The number of carbonyl (C=O) groups is 2. The Hall–Kier alpha value is -2.11. The largest absolute Gasteiger partial charge is 0.543 e. The van der Waals surface area contributed by atoms with Gasteiger partial charge in [0, 0.05) is 18.7 Å². The fourth-order valence-electron chi connectivity index (χ4n) is 2.01. The van der Waals surface area contributed by atoms with Crippen molar-refractivity contribution in [3.63, 3.8) is 0 Å². The molecule has 1 aromatic rings. The second-order valence-electron chi connectivity index (χ2n) is 5.74. The maximum absolute atomic E-state index is 12.0. The molecule has 0 fully saturated rings. The van der Waals surface area contributed by atoms with Gasteiger partial charge in [-0.25, -0.2) is 4.79 Å². The minimum Gasteiger partial charge on any atom is -0.543 e. The second-order valence-corrected chi connectivity index (χ2v) is 5.74. The topological polar surface area (TPSA) is 82.6 Å². The van der Waals surface area contributed by atoms with Crippen molar-refractivity contribution in [2.75, 3.05) is 6.54 Å². The summed E-state index contributed by atoms with van der Waals surface area (Å²) in [6, 6.07) is 3.07. The lowest BCUT2D eigenvalue weighted by Gasteiger charge is -2.31. The zero-order valence-electron chi connectivity index (χ0n) is 11.8. The van der Waals surface area contributed by atoms with Crippen molar-refractivity contribution in [2.45, 2.75) is 39.3 Å². The molecule has 0 bridgehead atoms. The fraction of sp³-hybridized carbons (Fsp3) is 0.500. The van der Waals surface area contributed by atoms with Gasteiger partial charge in [-0.15, -0.1) is 0 Å². The Morgan fingerprint density at radius 2 is 2.05 bits per heavy atom. The maximum atomic E-state index is 12.0. The molecule has 0 aromatic carbocycles. The van der Waals surface area contributed by atoms with E-state index >= 15 is 0 Å². The van der Waals surface area contributed by atoms with Crippen LogP contribution >= 0.6 is 0 Å². The number of aromatic carboxylic acids is 1. The Labute approximate surface area is 117 Å². The molecule has 1 aromatic heterocycles. The van der Waals surface area contributed by atoms with E-state index in [4.69, 9.17) is 4.74 Å². The summed E-state index contributed by atoms with van der Waals surface area (Å²) in [6.07, 6.45) is 0.141. The van der Waals surface area contributed by atoms with Crippen LogP contribution in [0.3, 0.4) is 0 Å². The normalized spacial score (nSPS) is 14.7. The summed E-state index contributed by atoms with van der Waals surface area (Å²) >= 11 is 0. The highest BCUT2D eigenvalue weighted by molar-refractivity contribution is 5.83. The van der Waals surface area contributed by atoms with E-state index < -0.39 is 11.6 Å². The summed E-state index contributed by atoms with van der Waals surface area (Å²) in [4.78, 5) is 28.4. The fourth-order valence-corrected chi connectivity index (χ4v) is 2.01. The molecule has 0 N–H and O–H groups in total. The Kier molecular flexibility index (Phi) is 3.65. The van der Waals surface area contributed by atoms with Gasteiger partial charge in [0.1, 0.15) is 5.60 Å². The Morgan fingerprint density at radius 3 is 2.65 bits per heavy atom. The van der Waals surface area contributed by atoms with Crippen molar-refractivity contribution in [1.82, 2.24) is 9.88 Å². The van der Waals surface area contributed by atoms with Crippen molar-refractivity contribution < 1.29 is 19.4 Å². The van der Waals surface area contributed by atoms with Gasteiger partial charge >= 0.3 is 6.09 Å². The van der Waals surface area contributed by atoms with Crippen LogP contribution in [-0.4, -0.2) is 34.1 Å². The van der Waals surface area contributed by atoms with Crippen molar-refractivity contribution in [2.24, 2.45) is 0 Å². The summed E-state index contributed by atoms with van der Waals surface area (Å²) in [5.41, 5.74) is 0.933. The molecule has 20 heavy (non-hydrogen) atoms. The van der Waals surface area contributed by atoms with E-state index in [-0.39, 0.29) is 11.8 Å². The molecular formula is C14H17N2O4-. The lowest BCUT2D eigenvalue weighted by molar-refractivity contribution is -0.255. The Morgan fingerprint density at radius 1 is 1.35 bits per heavy atom. The van der Waals surface area contributed by atoms with Crippen molar-refractivity contribution in [1.29, 1.82) is 0 Å². The van der Waals surface area contributed by atoms with Crippen LogP contribution in [0, 0.1) is 0 Å². The summed E-state index contributed by atoms with van der Waals surface area (Å²) in [5.74, 6) is -1.29. The number of carboxylic acids is 1. The van der Waals surface area contributed by atoms with E-state index in [9.17, 15) is 14.7 Å². The van der Waals surface area contributed by atoms with Gasteiger partial charge in [-0.05, 0) is 32.4 Å². The van der Waals surface area contributed by atoms with Crippen LogP contribution in [0.1, 0.15) is 42.5 Å². The van der Waals surface area contributed by atoms with Gasteiger partial charge in [0.25, 0.3) is 0 Å². The number of ether oxygens (including phenoxy) is 1. The molecule has 0 aliphatic carbocycles. The zero-order valence-corrected chi connectivity index (χ0v) is 11.8. The third-order valence-electron chi connectivity index (χ3n) is 2.91. The molecule has 0 radical (unpaired) electrons. The highest BCUT2D eigenvalue weighted by atomic mass is 16.6. The quantitative estimate of drug-likeness (QED) is 0.756. The monoisotopic (exact) mass is 277 g/mol. The predicted molar refractivity (Wildman–Crippen MR) is 68.9 cm³/mol. The van der Waals surface area contributed by atoms with Crippen LogP contribution in [-0.2, 0) is 17.7 Å². The number of carboxylic acid groups (broad SMARTS) is 1. The van der Waals surface area contributed by atoms with Crippen molar-refractivity contribution in [3.05, 3.63) is 29.1 Å².